The summed E-state index contributed by atoms with van der Waals surface area (Å²) >= 11 is 0. The number of piperazine rings is 1. The zero-order valence-corrected chi connectivity index (χ0v) is 24.7. The number of carbonyl (C=O) groups excluding carboxylic acids is 3. The van der Waals surface area contributed by atoms with E-state index in [9.17, 15) is 14.4 Å². The molecule has 1 fully saturated rings. The van der Waals surface area contributed by atoms with Crippen LogP contribution in [0.25, 0.3) is 27.8 Å². The molecule has 0 radical (unpaired) electrons. The molecule has 0 atom stereocenters. The third-order valence-electron chi connectivity index (χ3n) is 7.88. The summed E-state index contributed by atoms with van der Waals surface area (Å²) in [4.78, 5) is 45.9. The predicted molar refractivity (Wildman–Crippen MR) is 162 cm³/mol. The Balaban J connectivity index is 1.25. The van der Waals surface area contributed by atoms with Crippen LogP contribution in [0.2, 0.25) is 0 Å². The summed E-state index contributed by atoms with van der Waals surface area (Å²) in [5, 5.41) is 28.2. The van der Waals surface area contributed by atoms with Gasteiger partial charge in [-0.15, -0.1) is 0 Å². The fraction of sp³-hybridized carbons (Fsp3) is 0.300. The number of nitrogens with zero attached hydrogens (tertiary/aromatic N) is 8. The molecule has 0 spiro atoms. The molecule has 1 aliphatic heterocycles. The minimum Gasteiger partial charge on any atom is -0.395 e. The molecule has 1 aliphatic rings. The Kier molecular flexibility index (Phi) is 8.08. The molecule has 0 unspecified atom stereocenters. The number of H-pyrrole nitrogens is 1. The molecule has 6 rings (SSSR count). The van der Waals surface area contributed by atoms with Crippen molar-refractivity contribution in [3.8, 4) is 16.9 Å². The van der Waals surface area contributed by atoms with E-state index in [-0.39, 0.29) is 42.9 Å². The van der Waals surface area contributed by atoms with E-state index in [1.807, 2.05) is 42.2 Å². The molecule has 2 aromatic carbocycles. The first-order valence-corrected chi connectivity index (χ1v) is 14.5. The van der Waals surface area contributed by atoms with Crippen LogP contribution in [0.4, 0.5) is 10.3 Å². The van der Waals surface area contributed by atoms with Crippen molar-refractivity contribution in [2.75, 3.05) is 44.2 Å². The highest BCUT2D eigenvalue weighted by atomic mass is 19.1. The lowest BCUT2D eigenvalue weighted by Gasteiger charge is -2.34. The molecule has 45 heavy (non-hydrogen) atoms. The van der Waals surface area contributed by atoms with Crippen LogP contribution in [-0.2, 0) is 18.3 Å². The number of rotatable bonds is 9. The second-order valence-corrected chi connectivity index (χ2v) is 10.6. The van der Waals surface area contributed by atoms with Crippen LogP contribution in [0.5, 0.6) is 0 Å². The summed E-state index contributed by atoms with van der Waals surface area (Å²) in [6.07, 6.45) is 1.79. The number of amides is 2. The highest BCUT2D eigenvalue weighted by Gasteiger charge is 2.32. The molecule has 2 amide bonds. The van der Waals surface area contributed by atoms with E-state index in [1.165, 1.54) is 21.8 Å². The molecule has 3 aromatic heterocycles. The first-order chi connectivity index (χ1) is 21.8. The zero-order valence-electron chi connectivity index (χ0n) is 24.7. The molecule has 14 nitrogen and oxygen atoms in total. The number of aromatic nitrogens is 7. The van der Waals surface area contributed by atoms with E-state index in [2.05, 4.69) is 30.9 Å². The number of Topliss-reactive ketones (excluding diaryl/α,β-unsaturated/α-hetero) is 1. The zero-order chi connectivity index (χ0) is 31.7. The number of aliphatic hydroxyl groups excluding tert-OH is 1. The number of nitrogens with one attached hydrogen (secondary N) is 2. The van der Waals surface area contributed by atoms with E-state index in [0.717, 1.165) is 5.69 Å². The smallest absolute Gasteiger partial charge is 0.295 e. The van der Waals surface area contributed by atoms with Crippen molar-refractivity contribution in [2.24, 2.45) is 7.05 Å². The number of hydrogen-bond acceptors (Lipinski definition) is 9. The molecule has 232 valence electrons. The van der Waals surface area contributed by atoms with E-state index in [1.54, 1.807) is 17.8 Å². The first kappa shape index (κ1) is 29.6. The fourth-order valence-electron chi connectivity index (χ4n) is 5.62. The van der Waals surface area contributed by atoms with Crippen LogP contribution in [0.3, 0.4) is 0 Å². The van der Waals surface area contributed by atoms with Gasteiger partial charge in [-0.25, -0.2) is 4.39 Å². The predicted octanol–water partition coefficient (Wildman–Crippen LogP) is 1.50. The topological polar surface area (TPSA) is 167 Å². The lowest BCUT2D eigenvalue weighted by Crippen LogP contribution is -2.51. The quantitative estimate of drug-likeness (QED) is 0.165. The molecular formula is C30H31FN10O4. The van der Waals surface area contributed by atoms with Crippen molar-refractivity contribution in [1.29, 1.82) is 0 Å². The third-order valence-corrected chi connectivity index (χ3v) is 7.88. The summed E-state index contributed by atoms with van der Waals surface area (Å²) in [6, 6.07) is 12.3. The normalized spacial score (nSPS) is 13.4. The molecule has 1 saturated heterocycles. The lowest BCUT2D eigenvalue weighted by atomic mass is 9.96. The number of para-hydroxylation sites is 1. The second kappa shape index (κ2) is 12.3. The van der Waals surface area contributed by atoms with Crippen LogP contribution in [0.1, 0.15) is 33.3 Å². The van der Waals surface area contributed by atoms with E-state index < -0.39 is 23.4 Å². The van der Waals surface area contributed by atoms with Crippen molar-refractivity contribution in [3.05, 3.63) is 71.3 Å². The molecule has 5 aromatic rings. The number of benzene rings is 2. The molecular weight excluding hydrogens is 583 g/mol. The maximum atomic E-state index is 15.6. The maximum absolute atomic E-state index is 15.6. The summed E-state index contributed by atoms with van der Waals surface area (Å²) in [7, 11) is 1.60. The van der Waals surface area contributed by atoms with Crippen LogP contribution in [-0.4, -0.2) is 102 Å². The van der Waals surface area contributed by atoms with Crippen LogP contribution in [0.15, 0.2) is 48.7 Å². The summed E-state index contributed by atoms with van der Waals surface area (Å²) in [5.74, 6) is -2.10. The molecule has 0 saturated carbocycles. The largest absolute Gasteiger partial charge is 0.395 e. The monoisotopic (exact) mass is 614 g/mol. The van der Waals surface area contributed by atoms with Crippen molar-refractivity contribution in [2.45, 2.75) is 13.3 Å². The highest BCUT2D eigenvalue weighted by molar-refractivity contribution is 6.45. The Morgan fingerprint density at radius 1 is 1.09 bits per heavy atom. The number of aliphatic hydroxyl groups is 1. The number of aromatic amines is 1. The van der Waals surface area contributed by atoms with Gasteiger partial charge in [-0.3, -0.25) is 19.1 Å². The molecule has 3 N–H and O–H groups in total. The number of aryl methyl sites for hydroxylation is 2. The van der Waals surface area contributed by atoms with Gasteiger partial charge in [-0.1, -0.05) is 30.2 Å². The first-order valence-electron chi connectivity index (χ1n) is 14.5. The van der Waals surface area contributed by atoms with Crippen molar-refractivity contribution >= 4 is 34.4 Å². The average molecular weight is 615 g/mol. The van der Waals surface area contributed by atoms with Gasteiger partial charge in [-0.2, -0.15) is 9.78 Å². The second-order valence-electron chi connectivity index (χ2n) is 10.6. The van der Waals surface area contributed by atoms with E-state index in [0.29, 0.717) is 47.8 Å². The van der Waals surface area contributed by atoms with Crippen molar-refractivity contribution < 1.29 is 23.9 Å². The fourth-order valence-corrected chi connectivity index (χ4v) is 5.62. The van der Waals surface area contributed by atoms with Gasteiger partial charge in [0.15, 0.2) is 0 Å². The van der Waals surface area contributed by atoms with E-state index in [4.69, 9.17) is 5.11 Å². The van der Waals surface area contributed by atoms with E-state index >= 15 is 4.39 Å². The third kappa shape index (κ3) is 5.42. The number of tetrazole rings is 1. The SMILES string of the molecule is CCc1cc(F)c2c(C(=O)C(=O)N3CCN(c4nnnn4-c4ccccc4)CC3)c[nH]c2c1-c1cc(C(=O)NCCO)n(C)n1. The summed E-state index contributed by atoms with van der Waals surface area (Å²) < 4.78 is 18.6. The lowest BCUT2D eigenvalue weighted by molar-refractivity contribution is -0.126. The number of hydrogen-bond donors (Lipinski definition) is 3. The number of anilines is 1. The molecule has 4 heterocycles. The standard InChI is InChI=1S/C30H31FN10O4/c1-3-18-15-21(31)25-20(17-33-26(25)24(18)22-16-23(38(2)35-22)28(44)32-9-14-42)27(43)29(45)39-10-12-40(13-11-39)30-34-36-37-41(30)19-7-5-4-6-8-19/h4-8,15-17,33,42H,3,9-14H2,1-2H3,(H,32,44). The highest BCUT2D eigenvalue weighted by Crippen LogP contribution is 2.35. The van der Waals surface area contributed by atoms with Gasteiger partial charge in [0.25, 0.3) is 17.6 Å². The Bertz CT molecular complexity index is 1890. The summed E-state index contributed by atoms with van der Waals surface area (Å²) in [5.41, 5.74) is 2.81. The number of ketones is 1. The van der Waals surface area contributed by atoms with Gasteiger partial charge in [0, 0.05) is 56.9 Å². The van der Waals surface area contributed by atoms with Crippen LogP contribution in [0, 0.1) is 5.82 Å². The van der Waals surface area contributed by atoms with Crippen molar-refractivity contribution in [1.82, 2.24) is 45.2 Å². The number of fused-ring (bicyclic) bond motifs is 1. The Hall–Kier alpha value is -5.44. The van der Waals surface area contributed by atoms with Gasteiger partial charge in [0.2, 0.25) is 5.95 Å². The van der Waals surface area contributed by atoms with Gasteiger partial charge < -0.3 is 25.2 Å². The molecule has 15 heteroatoms. The number of halogens is 1. The summed E-state index contributed by atoms with van der Waals surface area (Å²) in [6.45, 7) is 3.02. The minimum absolute atomic E-state index is 0.0156. The average Bonchev–Trinajstić information content (AvgIpc) is 3.82. The number of carbonyl (C=O) groups is 3. The minimum atomic E-state index is -0.831. The molecule has 0 aliphatic carbocycles. The maximum Gasteiger partial charge on any atom is 0.295 e. The van der Waals surface area contributed by atoms with Gasteiger partial charge >= 0.3 is 0 Å². The Labute approximate surface area is 256 Å². The Morgan fingerprint density at radius 3 is 2.56 bits per heavy atom. The van der Waals surface area contributed by atoms with Gasteiger partial charge in [0.05, 0.1) is 29.1 Å². The van der Waals surface area contributed by atoms with Crippen LogP contribution >= 0.6 is 0 Å². The van der Waals surface area contributed by atoms with Crippen molar-refractivity contribution in [3.63, 3.8) is 0 Å². The van der Waals surface area contributed by atoms with Gasteiger partial charge in [-0.05, 0) is 46.7 Å². The molecule has 0 bridgehead atoms. The van der Waals surface area contributed by atoms with Gasteiger partial charge in [0.1, 0.15) is 11.5 Å². The Morgan fingerprint density at radius 2 is 1.84 bits per heavy atom. The van der Waals surface area contributed by atoms with Crippen LogP contribution < -0.4 is 10.2 Å².